The Balaban J connectivity index is 2.07. The SMILES string of the molecule is CCc1cccc(CC)c1NC(=O)c1c(-c2c(Cl)cccc2Cl)noc1C. The number of nitrogens with one attached hydrogen (secondary N) is 1. The van der Waals surface area contributed by atoms with Crippen molar-refractivity contribution < 1.29 is 9.32 Å². The third-order valence-corrected chi connectivity index (χ3v) is 5.16. The smallest absolute Gasteiger partial charge is 0.261 e. The van der Waals surface area contributed by atoms with E-state index in [-0.39, 0.29) is 5.91 Å². The van der Waals surface area contributed by atoms with Gasteiger partial charge in [-0.3, -0.25) is 4.79 Å². The fourth-order valence-corrected chi connectivity index (χ4v) is 3.69. The van der Waals surface area contributed by atoms with Gasteiger partial charge in [0.1, 0.15) is 17.0 Å². The zero-order valence-electron chi connectivity index (χ0n) is 15.4. The van der Waals surface area contributed by atoms with E-state index in [1.165, 1.54) is 0 Å². The maximum atomic E-state index is 13.2. The fraction of sp³-hybridized carbons (Fsp3) is 0.238. The quantitative estimate of drug-likeness (QED) is 0.541. The molecule has 0 radical (unpaired) electrons. The molecule has 1 N–H and O–H groups in total. The van der Waals surface area contributed by atoms with E-state index in [2.05, 4.69) is 24.3 Å². The average molecular weight is 403 g/mol. The van der Waals surface area contributed by atoms with Crippen molar-refractivity contribution in [1.29, 1.82) is 0 Å². The standard InChI is InChI=1S/C21H20Cl2N2O2/c1-4-13-8-6-9-14(5-2)19(13)24-21(26)17-12(3)27-25-20(17)18-15(22)10-7-11-16(18)23/h6-11H,4-5H2,1-3H3,(H,24,26). The topological polar surface area (TPSA) is 55.1 Å². The number of rotatable bonds is 5. The number of halogens is 2. The van der Waals surface area contributed by atoms with Crippen molar-refractivity contribution in [3.05, 3.63) is 68.9 Å². The van der Waals surface area contributed by atoms with Crippen LogP contribution in [0.3, 0.4) is 0 Å². The lowest BCUT2D eigenvalue weighted by Crippen LogP contribution is -2.16. The van der Waals surface area contributed by atoms with Gasteiger partial charge in [0, 0.05) is 11.3 Å². The number of hydrogen-bond acceptors (Lipinski definition) is 3. The summed E-state index contributed by atoms with van der Waals surface area (Å²) in [5.41, 5.74) is 4.15. The van der Waals surface area contributed by atoms with Gasteiger partial charge < -0.3 is 9.84 Å². The third kappa shape index (κ3) is 3.73. The van der Waals surface area contributed by atoms with Crippen molar-refractivity contribution in [2.45, 2.75) is 33.6 Å². The summed E-state index contributed by atoms with van der Waals surface area (Å²) < 4.78 is 5.30. The molecule has 2 aromatic carbocycles. The molecule has 1 aromatic heterocycles. The van der Waals surface area contributed by atoms with Crippen LogP contribution in [0.15, 0.2) is 40.9 Å². The molecule has 6 heteroatoms. The Morgan fingerprint density at radius 2 is 1.59 bits per heavy atom. The van der Waals surface area contributed by atoms with E-state index in [9.17, 15) is 4.79 Å². The van der Waals surface area contributed by atoms with Gasteiger partial charge in [0.15, 0.2) is 0 Å². The van der Waals surface area contributed by atoms with E-state index in [1.54, 1.807) is 25.1 Å². The van der Waals surface area contributed by atoms with Gasteiger partial charge in [-0.05, 0) is 43.0 Å². The van der Waals surface area contributed by atoms with Crippen molar-refractivity contribution in [3.8, 4) is 11.3 Å². The number of carbonyl (C=O) groups excluding carboxylic acids is 1. The normalized spacial score (nSPS) is 10.9. The Hall–Kier alpha value is -2.30. The average Bonchev–Trinajstić information content (AvgIpc) is 3.03. The van der Waals surface area contributed by atoms with Gasteiger partial charge in [-0.2, -0.15) is 0 Å². The lowest BCUT2D eigenvalue weighted by atomic mass is 10.0. The second-order valence-electron chi connectivity index (χ2n) is 6.17. The predicted molar refractivity (Wildman–Crippen MR) is 110 cm³/mol. The Morgan fingerprint density at radius 1 is 1.04 bits per heavy atom. The van der Waals surface area contributed by atoms with E-state index in [1.807, 2.05) is 18.2 Å². The summed E-state index contributed by atoms with van der Waals surface area (Å²) in [5, 5.41) is 7.92. The molecule has 0 fully saturated rings. The van der Waals surface area contributed by atoms with Crippen LogP contribution in [0.2, 0.25) is 10.0 Å². The van der Waals surface area contributed by atoms with Gasteiger partial charge in [-0.25, -0.2) is 0 Å². The molecule has 0 saturated heterocycles. The van der Waals surface area contributed by atoms with E-state index < -0.39 is 0 Å². The molecule has 3 rings (SSSR count). The second kappa shape index (κ2) is 8.15. The fourth-order valence-electron chi connectivity index (χ4n) is 3.11. The van der Waals surface area contributed by atoms with Gasteiger partial charge in [0.05, 0.1) is 10.0 Å². The summed E-state index contributed by atoms with van der Waals surface area (Å²) in [5.74, 6) is 0.112. The third-order valence-electron chi connectivity index (χ3n) is 4.53. The second-order valence-corrected chi connectivity index (χ2v) is 6.99. The monoisotopic (exact) mass is 402 g/mol. The lowest BCUT2D eigenvalue weighted by molar-refractivity contribution is 0.102. The van der Waals surface area contributed by atoms with Crippen molar-refractivity contribution in [1.82, 2.24) is 5.16 Å². The molecule has 0 spiro atoms. The highest BCUT2D eigenvalue weighted by Crippen LogP contribution is 2.37. The molecule has 4 nitrogen and oxygen atoms in total. The molecule has 0 aliphatic carbocycles. The van der Waals surface area contributed by atoms with Crippen LogP contribution in [-0.2, 0) is 12.8 Å². The molecule has 0 saturated carbocycles. The zero-order chi connectivity index (χ0) is 19.6. The van der Waals surface area contributed by atoms with Gasteiger partial charge in [0.2, 0.25) is 0 Å². The Bertz CT molecular complexity index is 953. The van der Waals surface area contributed by atoms with E-state index >= 15 is 0 Å². The largest absolute Gasteiger partial charge is 0.360 e. The van der Waals surface area contributed by atoms with Crippen LogP contribution >= 0.6 is 23.2 Å². The summed E-state index contributed by atoms with van der Waals surface area (Å²) >= 11 is 12.6. The van der Waals surface area contributed by atoms with Gasteiger partial charge in [-0.1, -0.05) is 66.5 Å². The Morgan fingerprint density at radius 3 is 2.15 bits per heavy atom. The van der Waals surface area contributed by atoms with E-state index in [0.29, 0.717) is 32.6 Å². The van der Waals surface area contributed by atoms with Crippen molar-refractivity contribution in [2.75, 3.05) is 5.32 Å². The maximum Gasteiger partial charge on any atom is 0.261 e. The zero-order valence-corrected chi connectivity index (χ0v) is 16.9. The first-order valence-corrected chi connectivity index (χ1v) is 9.56. The van der Waals surface area contributed by atoms with Crippen LogP contribution in [-0.4, -0.2) is 11.1 Å². The molecule has 140 valence electrons. The van der Waals surface area contributed by atoms with E-state index in [0.717, 1.165) is 29.7 Å². The minimum atomic E-state index is -0.296. The van der Waals surface area contributed by atoms with Crippen LogP contribution in [0.5, 0.6) is 0 Å². The van der Waals surface area contributed by atoms with Gasteiger partial charge in [-0.15, -0.1) is 0 Å². The number of carbonyl (C=O) groups is 1. The van der Waals surface area contributed by atoms with Crippen LogP contribution in [0.4, 0.5) is 5.69 Å². The molecule has 0 bridgehead atoms. The minimum Gasteiger partial charge on any atom is -0.360 e. The summed E-state index contributed by atoms with van der Waals surface area (Å²) in [4.78, 5) is 13.2. The summed E-state index contributed by atoms with van der Waals surface area (Å²) in [7, 11) is 0. The van der Waals surface area contributed by atoms with Gasteiger partial charge >= 0.3 is 0 Å². The lowest BCUT2D eigenvalue weighted by Gasteiger charge is -2.14. The van der Waals surface area contributed by atoms with Crippen LogP contribution < -0.4 is 5.32 Å². The number of aromatic nitrogens is 1. The maximum absolute atomic E-state index is 13.2. The minimum absolute atomic E-state index is 0.296. The van der Waals surface area contributed by atoms with Crippen molar-refractivity contribution in [3.63, 3.8) is 0 Å². The van der Waals surface area contributed by atoms with Gasteiger partial charge in [0.25, 0.3) is 5.91 Å². The van der Waals surface area contributed by atoms with Crippen molar-refractivity contribution >= 4 is 34.8 Å². The molecule has 1 heterocycles. The highest BCUT2D eigenvalue weighted by molar-refractivity contribution is 6.39. The first-order chi connectivity index (χ1) is 13.0. The first-order valence-electron chi connectivity index (χ1n) is 8.80. The Labute approximate surface area is 168 Å². The molecular formula is C21H20Cl2N2O2. The van der Waals surface area contributed by atoms with Crippen molar-refractivity contribution in [2.24, 2.45) is 0 Å². The molecule has 27 heavy (non-hydrogen) atoms. The van der Waals surface area contributed by atoms with Crippen LogP contribution in [0.1, 0.15) is 41.1 Å². The predicted octanol–water partition coefficient (Wildman–Crippen LogP) is 6.33. The molecule has 0 aliphatic heterocycles. The molecule has 0 unspecified atom stereocenters. The molecule has 1 amide bonds. The molecule has 0 atom stereocenters. The number of anilines is 1. The molecule has 0 aliphatic rings. The van der Waals surface area contributed by atoms with Crippen LogP contribution in [0, 0.1) is 6.92 Å². The van der Waals surface area contributed by atoms with Crippen LogP contribution in [0.25, 0.3) is 11.3 Å². The van der Waals surface area contributed by atoms with E-state index in [4.69, 9.17) is 27.7 Å². The number of benzene rings is 2. The Kier molecular flexibility index (Phi) is 5.88. The summed E-state index contributed by atoms with van der Waals surface area (Å²) in [6.07, 6.45) is 1.63. The summed E-state index contributed by atoms with van der Waals surface area (Å²) in [6.45, 7) is 5.82. The molecule has 3 aromatic rings. The highest BCUT2D eigenvalue weighted by Gasteiger charge is 2.25. The number of para-hydroxylation sites is 1. The first kappa shape index (κ1) is 19.5. The molecular weight excluding hydrogens is 383 g/mol. The summed E-state index contributed by atoms with van der Waals surface area (Å²) in [6, 6.07) is 11.2. The number of nitrogens with zero attached hydrogens (tertiary/aromatic N) is 1. The number of hydrogen-bond donors (Lipinski definition) is 1. The number of aryl methyl sites for hydroxylation is 3. The highest BCUT2D eigenvalue weighted by atomic mass is 35.5. The number of amides is 1.